The Labute approximate surface area is 183 Å². The van der Waals surface area contributed by atoms with E-state index in [0.29, 0.717) is 12.3 Å². The van der Waals surface area contributed by atoms with Gasteiger partial charge in [0, 0.05) is 23.7 Å². The van der Waals surface area contributed by atoms with E-state index < -0.39 is 0 Å². The standard InChI is InChI=1S/C26H27NO4/c1-29-20-14-15-22(25(17-20)30-2)23-12-8-16-27(23)26(28)18-31-24-13-7-6-11-21(24)19-9-4-3-5-10-19/h3-7,9-11,13-15,17,23H,8,12,16,18H2,1-2H3/t23-/m0/s1. The number of hydrogen-bond acceptors (Lipinski definition) is 4. The Morgan fingerprint density at radius 1 is 0.935 bits per heavy atom. The Bertz CT molecular complexity index is 1030. The molecule has 0 aliphatic carbocycles. The zero-order valence-corrected chi connectivity index (χ0v) is 17.9. The van der Waals surface area contributed by atoms with Crippen LogP contribution in [0.3, 0.4) is 0 Å². The van der Waals surface area contributed by atoms with Gasteiger partial charge in [0.25, 0.3) is 5.91 Å². The van der Waals surface area contributed by atoms with Crippen LogP contribution in [0.15, 0.2) is 72.8 Å². The van der Waals surface area contributed by atoms with Crippen molar-refractivity contribution >= 4 is 5.91 Å². The molecule has 0 aromatic heterocycles. The SMILES string of the molecule is COc1ccc([C@@H]2CCCN2C(=O)COc2ccccc2-c2ccccc2)c(OC)c1. The van der Waals surface area contributed by atoms with Crippen molar-refractivity contribution in [3.63, 3.8) is 0 Å². The zero-order chi connectivity index (χ0) is 21.6. The van der Waals surface area contributed by atoms with Crippen molar-refractivity contribution in [3.8, 4) is 28.4 Å². The molecule has 1 heterocycles. The summed E-state index contributed by atoms with van der Waals surface area (Å²) < 4.78 is 16.9. The maximum absolute atomic E-state index is 13.1. The topological polar surface area (TPSA) is 48.0 Å². The normalized spacial score (nSPS) is 15.5. The quantitative estimate of drug-likeness (QED) is 0.536. The van der Waals surface area contributed by atoms with Crippen molar-refractivity contribution < 1.29 is 19.0 Å². The van der Waals surface area contributed by atoms with Gasteiger partial charge in [-0.15, -0.1) is 0 Å². The van der Waals surface area contributed by atoms with Crippen molar-refractivity contribution in [2.75, 3.05) is 27.4 Å². The maximum atomic E-state index is 13.1. The highest BCUT2D eigenvalue weighted by Gasteiger charge is 2.32. The van der Waals surface area contributed by atoms with E-state index in [1.807, 2.05) is 77.7 Å². The molecule has 1 amide bonds. The largest absolute Gasteiger partial charge is 0.497 e. The third-order valence-electron chi connectivity index (χ3n) is 5.70. The summed E-state index contributed by atoms with van der Waals surface area (Å²) in [6.07, 6.45) is 1.85. The molecule has 5 nitrogen and oxygen atoms in total. The first-order valence-electron chi connectivity index (χ1n) is 10.5. The van der Waals surface area contributed by atoms with Crippen LogP contribution in [0.2, 0.25) is 0 Å². The lowest BCUT2D eigenvalue weighted by atomic mass is 10.0. The fraction of sp³-hybridized carbons (Fsp3) is 0.269. The molecule has 1 saturated heterocycles. The van der Waals surface area contributed by atoms with Gasteiger partial charge in [0.1, 0.15) is 17.2 Å². The average Bonchev–Trinajstić information content (AvgIpc) is 3.32. The van der Waals surface area contributed by atoms with Gasteiger partial charge >= 0.3 is 0 Å². The summed E-state index contributed by atoms with van der Waals surface area (Å²) in [5, 5.41) is 0. The fourth-order valence-electron chi connectivity index (χ4n) is 4.15. The summed E-state index contributed by atoms with van der Waals surface area (Å²) in [7, 11) is 3.27. The molecule has 0 radical (unpaired) electrons. The van der Waals surface area contributed by atoms with E-state index in [1.165, 1.54) is 0 Å². The lowest BCUT2D eigenvalue weighted by Crippen LogP contribution is -2.34. The van der Waals surface area contributed by atoms with Crippen molar-refractivity contribution in [2.45, 2.75) is 18.9 Å². The summed E-state index contributed by atoms with van der Waals surface area (Å²) in [6, 6.07) is 23.6. The molecule has 160 valence electrons. The lowest BCUT2D eigenvalue weighted by Gasteiger charge is -2.26. The number of ether oxygens (including phenoxy) is 3. The van der Waals surface area contributed by atoms with Gasteiger partial charge in [0.2, 0.25) is 0 Å². The number of carbonyl (C=O) groups excluding carboxylic acids is 1. The molecule has 0 N–H and O–H groups in total. The van der Waals surface area contributed by atoms with Gasteiger partial charge in [-0.3, -0.25) is 4.79 Å². The number of carbonyl (C=O) groups is 1. The van der Waals surface area contributed by atoms with Gasteiger partial charge in [-0.05, 0) is 36.6 Å². The highest BCUT2D eigenvalue weighted by molar-refractivity contribution is 5.79. The van der Waals surface area contributed by atoms with Crippen LogP contribution in [-0.4, -0.2) is 38.2 Å². The number of likely N-dealkylation sites (tertiary alicyclic amines) is 1. The van der Waals surface area contributed by atoms with Crippen molar-refractivity contribution in [1.29, 1.82) is 0 Å². The zero-order valence-electron chi connectivity index (χ0n) is 17.9. The van der Waals surface area contributed by atoms with E-state index in [1.54, 1.807) is 14.2 Å². The molecule has 1 atom stereocenters. The second-order valence-electron chi connectivity index (χ2n) is 7.50. The first-order chi connectivity index (χ1) is 15.2. The molecule has 1 fully saturated rings. The van der Waals surface area contributed by atoms with Crippen LogP contribution >= 0.6 is 0 Å². The third-order valence-corrected chi connectivity index (χ3v) is 5.70. The maximum Gasteiger partial charge on any atom is 0.261 e. The minimum atomic E-state index is -0.0266. The molecule has 1 aliphatic rings. The van der Waals surface area contributed by atoms with Crippen LogP contribution in [0, 0.1) is 0 Å². The summed E-state index contributed by atoms with van der Waals surface area (Å²) in [4.78, 5) is 15.0. The molecule has 31 heavy (non-hydrogen) atoms. The Balaban J connectivity index is 1.50. The Kier molecular flexibility index (Phi) is 6.41. The smallest absolute Gasteiger partial charge is 0.261 e. The minimum absolute atomic E-state index is 0.00117. The van der Waals surface area contributed by atoms with Crippen LogP contribution in [0.4, 0.5) is 0 Å². The number of para-hydroxylation sites is 1. The van der Waals surface area contributed by atoms with Gasteiger partial charge in [-0.1, -0.05) is 48.5 Å². The van der Waals surface area contributed by atoms with Crippen LogP contribution < -0.4 is 14.2 Å². The molecule has 3 aromatic carbocycles. The monoisotopic (exact) mass is 417 g/mol. The van der Waals surface area contributed by atoms with Gasteiger partial charge < -0.3 is 19.1 Å². The molecule has 1 aliphatic heterocycles. The molecule has 4 rings (SSSR count). The highest BCUT2D eigenvalue weighted by atomic mass is 16.5. The predicted molar refractivity (Wildman–Crippen MR) is 121 cm³/mol. The number of hydrogen-bond donors (Lipinski definition) is 0. The molecular formula is C26H27NO4. The first-order valence-corrected chi connectivity index (χ1v) is 10.5. The summed E-state index contributed by atoms with van der Waals surface area (Å²) >= 11 is 0. The van der Waals surface area contributed by atoms with E-state index in [9.17, 15) is 4.79 Å². The van der Waals surface area contributed by atoms with Crippen molar-refractivity contribution in [1.82, 2.24) is 4.90 Å². The Morgan fingerprint density at radius 3 is 2.48 bits per heavy atom. The second-order valence-corrected chi connectivity index (χ2v) is 7.50. The third kappa shape index (κ3) is 4.50. The van der Waals surface area contributed by atoms with E-state index in [-0.39, 0.29) is 18.6 Å². The minimum Gasteiger partial charge on any atom is -0.497 e. The van der Waals surface area contributed by atoms with Crippen molar-refractivity contribution in [2.24, 2.45) is 0 Å². The predicted octanol–water partition coefficient (Wildman–Crippen LogP) is 5.11. The highest BCUT2D eigenvalue weighted by Crippen LogP contribution is 2.39. The second kappa shape index (κ2) is 9.56. The molecule has 5 heteroatoms. The molecule has 0 bridgehead atoms. The van der Waals surface area contributed by atoms with Crippen LogP contribution in [0.1, 0.15) is 24.4 Å². The van der Waals surface area contributed by atoms with Gasteiger partial charge in [0.05, 0.1) is 20.3 Å². The fourth-order valence-corrected chi connectivity index (χ4v) is 4.15. The molecule has 0 spiro atoms. The van der Waals surface area contributed by atoms with Gasteiger partial charge in [-0.25, -0.2) is 0 Å². The Hall–Kier alpha value is -3.47. The van der Waals surface area contributed by atoms with Crippen LogP contribution in [0.5, 0.6) is 17.2 Å². The van der Waals surface area contributed by atoms with Crippen LogP contribution in [0.25, 0.3) is 11.1 Å². The van der Waals surface area contributed by atoms with Gasteiger partial charge in [0.15, 0.2) is 6.61 Å². The number of nitrogens with zero attached hydrogens (tertiary/aromatic N) is 1. The number of amides is 1. The Morgan fingerprint density at radius 2 is 1.71 bits per heavy atom. The molecular weight excluding hydrogens is 390 g/mol. The van der Waals surface area contributed by atoms with E-state index >= 15 is 0 Å². The number of methoxy groups -OCH3 is 2. The molecule has 0 unspecified atom stereocenters. The van der Waals surface area contributed by atoms with Crippen molar-refractivity contribution in [3.05, 3.63) is 78.4 Å². The summed E-state index contributed by atoms with van der Waals surface area (Å²) in [6.45, 7) is 0.710. The van der Waals surface area contributed by atoms with E-state index in [2.05, 4.69) is 0 Å². The average molecular weight is 418 g/mol. The number of rotatable bonds is 7. The van der Waals surface area contributed by atoms with E-state index in [4.69, 9.17) is 14.2 Å². The summed E-state index contributed by atoms with van der Waals surface area (Å²) in [5.74, 6) is 2.15. The van der Waals surface area contributed by atoms with Gasteiger partial charge in [-0.2, -0.15) is 0 Å². The lowest BCUT2D eigenvalue weighted by molar-refractivity contribution is -0.134. The first kappa shape index (κ1) is 20.8. The van der Waals surface area contributed by atoms with Crippen LogP contribution in [-0.2, 0) is 4.79 Å². The molecule has 0 saturated carbocycles. The molecule has 3 aromatic rings. The number of benzene rings is 3. The summed E-state index contributed by atoms with van der Waals surface area (Å²) in [5.41, 5.74) is 3.04. The van der Waals surface area contributed by atoms with E-state index in [0.717, 1.165) is 41.0 Å².